The average Bonchev–Trinajstić information content (AvgIpc) is 3.26. The fraction of sp³-hybridized carbons (Fsp3) is 0.357. The van der Waals surface area contributed by atoms with E-state index in [1.807, 2.05) is 0 Å². The molecular formula is C14H11ClFNO2S. The molecular weight excluding hydrogens is 301 g/mol. The molecule has 0 amide bonds. The van der Waals surface area contributed by atoms with Crippen LogP contribution in [0.2, 0.25) is 5.02 Å². The quantitative estimate of drug-likeness (QED) is 0.474. The number of hydrogen-bond acceptors (Lipinski definition) is 4. The maximum Gasteiger partial charge on any atom is 0.188 e. The van der Waals surface area contributed by atoms with E-state index in [4.69, 9.17) is 16.9 Å². The van der Waals surface area contributed by atoms with Crippen molar-refractivity contribution >= 4 is 34.9 Å². The largest absolute Gasteiger partial charge is 0.297 e. The molecule has 0 aliphatic heterocycles. The SMILES string of the molecule is CSc1c(C(=O)C(C#N)C(=O)C2CC2)ccc(Cl)c1F. The third-order valence-corrected chi connectivity index (χ3v) is 4.27. The molecule has 0 aromatic heterocycles. The van der Waals surface area contributed by atoms with Crippen molar-refractivity contribution in [3.8, 4) is 6.07 Å². The molecule has 1 aliphatic rings. The van der Waals surface area contributed by atoms with Crippen molar-refractivity contribution < 1.29 is 14.0 Å². The highest BCUT2D eigenvalue weighted by Gasteiger charge is 2.39. The van der Waals surface area contributed by atoms with Gasteiger partial charge in [0.1, 0.15) is 0 Å². The summed E-state index contributed by atoms with van der Waals surface area (Å²) in [6.45, 7) is 0. The highest BCUT2D eigenvalue weighted by atomic mass is 35.5. The Morgan fingerprint density at radius 1 is 1.50 bits per heavy atom. The second kappa shape index (κ2) is 5.94. The zero-order valence-electron chi connectivity index (χ0n) is 10.7. The summed E-state index contributed by atoms with van der Waals surface area (Å²) in [6, 6.07) is 4.37. The van der Waals surface area contributed by atoms with Crippen molar-refractivity contribution in [3.63, 3.8) is 0 Å². The second-order valence-corrected chi connectivity index (χ2v) is 5.77. The fourth-order valence-corrected chi connectivity index (χ4v) is 2.83. The van der Waals surface area contributed by atoms with E-state index in [1.165, 1.54) is 12.1 Å². The summed E-state index contributed by atoms with van der Waals surface area (Å²) >= 11 is 6.70. The molecule has 0 N–H and O–H groups in total. The van der Waals surface area contributed by atoms with Gasteiger partial charge >= 0.3 is 0 Å². The Kier molecular flexibility index (Phi) is 4.46. The van der Waals surface area contributed by atoms with Crippen molar-refractivity contribution in [2.24, 2.45) is 11.8 Å². The summed E-state index contributed by atoms with van der Waals surface area (Å²) in [5.41, 5.74) is 0.0416. The first kappa shape index (κ1) is 15.0. The van der Waals surface area contributed by atoms with Crippen LogP contribution in [0.1, 0.15) is 23.2 Å². The van der Waals surface area contributed by atoms with E-state index in [0.717, 1.165) is 11.8 Å². The molecule has 1 unspecified atom stereocenters. The number of carbonyl (C=O) groups excluding carboxylic acids is 2. The number of Topliss-reactive ketones (excluding diaryl/α,β-unsaturated/α-hetero) is 2. The Morgan fingerprint density at radius 3 is 2.65 bits per heavy atom. The Morgan fingerprint density at radius 2 is 2.15 bits per heavy atom. The number of ketones is 2. The fourth-order valence-electron chi connectivity index (χ4n) is 1.94. The minimum Gasteiger partial charge on any atom is -0.297 e. The molecule has 1 saturated carbocycles. The zero-order valence-corrected chi connectivity index (χ0v) is 12.2. The first-order valence-corrected chi connectivity index (χ1v) is 7.61. The Balaban J connectivity index is 2.40. The molecule has 0 spiro atoms. The molecule has 0 radical (unpaired) electrons. The number of nitrogens with zero attached hydrogens (tertiary/aromatic N) is 1. The standard InChI is InChI=1S/C14H11ClFNO2S/c1-20-14-8(4-5-10(15)11(14)16)13(19)9(6-17)12(18)7-2-3-7/h4-5,7,9H,2-3H2,1H3. The van der Waals surface area contributed by atoms with E-state index in [9.17, 15) is 14.0 Å². The van der Waals surface area contributed by atoms with E-state index in [2.05, 4.69) is 0 Å². The maximum atomic E-state index is 13.9. The van der Waals surface area contributed by atoms with Crippen LogP contribution in [0.4, 0.5) is 4.39 Å². The zero-order chi connectivity index (χ0) is 14.9. The summed E-state index contributed by atoms with van der Waals surface area (Å²) < 4.78 is 13.9. The highest BCUT2D eigenvalue weighted by molar-refractivity contribution is 7.98. The van der Waals surface area contributed by atoms with Gasteiger partial charge in [-0.05, 0) is 31.2 Å². The molecule has 1 fully saturated rings. The Hall–Kier alpha value is -1.38. The molecule has 104 valence electrons. The van der Waals surface area contributed by atoms with Crippen LogP contribution in [0.25, 0.3) is 0 Å². The van der Waals surface area contributed by atoms with Crippen molar-refractivity contribution in [2.45, 2.75) is 17.7 Å². The molecule has 0 saturated heterocycles. The van der Waals surface area contributed by atoms with E-state index < -0.39 is 17.5 Å². The topological polar surface area (TPSA) is 57.9 Å². The number of rotatable bonds is 5. The third kappa shape index (κ3) is 2.72. The van der Waals surface area contributed by atoms with E-state index in [1.54, 1.807) is 12.3 Å². The van der Waals surface area contributed by atoms with Gasteiger partial charge in [0.05, 0.1) is 16.0 Å². The molecule has 2 rings (SSSR count). The lowest BCUT2D eigenvalue weighted by molar-refractivity contribution is -0.121. The summed E-state index contributed by atoms with van der Waals surface area (Å²) in [7, 11) is 0. The van der Waals surface area contributed by atoms with Crippen LogP contribution in [0, 0.1) is 29.0 Å². The van der Waals surface area contributed by atoms with E-state index in [0.29, 0.717) is 12.8 Å². The number of halogens is 2. The van der Waals surface area contributed by atoms with E-state index in [-0.39, 0.29) is 27.2 Å². The van der Waals surface area contributed by atoms with Crippen LogP contribution in [-0.4, -0.2) is 17.8 Å². The van der Waals surface area contributed by atoms with Crippen molar-refractivity contribution in [2.75, 3.05) is 6.26 Å². The number of nitriles is 1. The van der Waals surface area contributed by atoms with Crippen molar-refractivity contribution in [1.29, 1.82) is 5.26 Å². The molecule has 0 heterocycles. The number of hydrogen-bond donors (Lipinski definition) is 0. The van der Waals surface area contributed by atoms with Crippen LogP contribution in [0.5, 0.6) is 0 Å². The third-order valence-electron chi connectivity index (χ3n) is 3.18. The van der Waals surface area contributed by atoms with Gasteiger partial charge in [-0.25, -0.2) is 4.39 Å². The van der Waals surface area contributed by atoms with Crippen LogP contribution >= 0.6 is 23.4 Å². The molecule has 20 heavy (non-hydrogen) atoms. The minimum absolute atomic E-state index is 0.0416. The van der Waals surface area contributed by atoms with Gasteiger partial charge in [-0.3, -0.25) is 9.59 Å². The maximum absolute atomic E-state index is 13.9. The van der Waals surface area contributed by atoms with Gasteiger partial charge in [0.25, 0.3) is 0 Å². The van der Waals surface area contributed by atoms with Crippen LogP contribution in [0.3, 0.4) is 0 Å². The Bertz CT molecular complexity index is 622. The molecule has 1 aromatic carbocycles. The van der Waals surface area contributed by atoms with Crippen LogP contribution in [0.15, 0.2) is 17.0 Å². The summed E-state index contributed by atoms with van der Waals surface area (Å²) in [5.74, 6) is -3.25. The van der Waals surface area contributed by atoms with Gasteiger partial charge in [-0.2, -0.15) is 5.26 Å². The van der Waals surface area contributed by atoms with Crippen LogP contribution < -0.4 is 0 Å². The predicted octanol–water partition coefficient (Wildman–Crippen LogP) is 3.50. The monoisotopic (exact) mass is 311 g/mol. The van der Waals surface area contributed by atoms with Crippen molar-refractivity contribution in [3.05, 3.63) is 28.5 Å². The van der Waals surface area contributed by atoms with Gasteiger partial charge in [-0.1, -0.05) is 11.6 Å². The average molecular weight is 312 g/mol. The van der Waals surface area contributed by atoms with E-state index >= 15 is 0 Å². The predicted molar refractivity (Wildman–Crippen MR) is 74.4 cm³/mol. The van der Waals surface area contributed by atoms with Gasteiger partial charge in [-0.15, -0.1) is 11.8 Å². The first-order valence-electron chi connectivity index (χ1n) is 6.00. The van der Waals surface area contributed by atoms with Gasteiger partial charge < -0.3 is 0 Å². The lowest BCUT2D eigenvalue weighted by Crippen LogP contribution is -2.24. The molecule has 1 atom stereocenters. The molecule has 1 aromatic rings. The molecule has 0 bridgehead atoms. The van der Waals surface area contributed by atoms with Gasteiger partial charge in [0, 0.05) is 11.5 Å². The summed E-state index contributed by atoms with van der Waals surface area (Å²) in [5, 5.41) is 8.98. The van der Waals surface area contributed by atoms with Gasteiger partial charge in [0.2, 0.25) is 0 Å². The second-order valence-electron chi connectivity index (χ2n) is 4.55. The van der Waals surface area contributed by atoms with Crippen molar-refractivity contribution in [1.82, 2.24) is 0 Å². The lowest BCUT2D eigenvalue weighted by atomic mass is 9.92. The molecule has 3 nitrogen and oxygen atoms in total. The summed E-state index contributed by atoms with van der Waals surface area (Å²) in [4.78, 5) is 24.3. The Labute approximate surface area is 125 Å². The highest BCUT2D eigenvalue weighted by Crippen LogP contribution is 2.35. The van der Waals surface area contributed by atoms with Gasteiger partial charge in [0.15, 0.2) is 23.3 Å². The molecule has 6 heteroatoms. The van der Waals surface area contributed by atoms with Crippen LogP contribution in [-0.2, 0) is 4.79 Å². The summed E-state index contributed by atoms with van der Waals surface area (Å²) in [6.07, 6.45) is 3.04. The number of carbonyl (C=O) groups is 2. The lowest BCUT2D eigenvalue weighted by Gasteiger charge is -2.11. The first-order chi connectivity index (χ1) is 9.51. The molecule has 1 aliphatic carbocycles. The smallest absolute Gasteiger partial charge is 0.188 e. The number of thioether (sulfide) groups is 1. The number of benzene rings is 1. The minimum atomic E-state index is -1.35. The normalized spacial score (nSPS) is 15.5.